The van der Waals surface area contributed by atoms with Gasteiger partial charge in [-0.15, -0.1) is 0 Å². The monoisotopic (exact) mass is 283 g/mol. The van der Waals surface area contributed by atoms with Crippen LogP contribution in [-0.2, 0) is 0 Å². The first kappa shape index (κ1) is 16.4. The highest BCUT2D eigenvalue weighted by atomic mass is 16.5. The van der Waals surface area contributed by atoms with Gasteiger partial charge >= 0.3 is 6.01 Å². The molecule has 20 heavy (non-hydrogen) atoms. The van der Waals surface area contributed by atoms with Crippen LogP contribution < -0.4 is 15.4 Å². The van der Waals surface area contributed by atoms with E-state index < -0.39 is 5.60 Å². The fourth-order valence-corrected chi connectivity index (χ4v) is 1.34. The second-order valence-corrected chi connectivity index (χ2v) is 4.83. The second kappa shape index (κ2) is 7.84. The van der Waals surface area contributed by atoms with Crippen molar-refractivity contribution in [3.63, 3.8) is 0 Å². The summed E-state index contributed by atoms with van der Waals surface area (Å²) in [5.41, 5.74) is -0.796. The first-order valence-corrected chi connectivity index (χ1v) is 7.09. The van der Waals surface area contributed by atoms with Crippen LogP contribution in [0.1, 0.15) is 40.5 Å². The Morgan fingerprint density at radius 3 is 2.30 bits per heavy atom. The number of anilines is 2. The average Bonchev–Trinajstić information content (AvgIpc) is 2.43. The number of hydrogen-bond donors (Lipinski definition) is 3. The van der Waals surface area contributed by atoms with Crippen LogP contribution in [-0.4, -0.2) is 45.4 Å². The molecule has 3 N–H and O–H groups in total. The minimum absolute atomic E-state index is 0.278. The third-order valence-corrected chi connectivity index (χ3v) is 2.81. The predicted octanol–water partition coefficient (Wildman–Crippen LogP) is 1.67. The SMILES string of the molecule is CCCNc1nc(NCC(C)(O)CC)nc(OCC)n1. The first-order chi connectivity index (χ1) is 9.50. The average molecular weight is 283 g/mol. The molecule has 0 aliphatic rings. The van der Waals surface area contributed by atoms with E-state index >= 15 is 0 Å². The second-order valence-electron chi connectivity index (χ2n) is 4.83. The Kier molecular flexibility index (Phi) is 6.44. The number of rotatable bonds is 9. The van der Waals surface area contributed by atoms with Gasteiger partial charge in [-0.05, 0) is 26.7 Å². The molecule has 0 aliphatic heterocycles. The Morgan fingerprint density at radius 2 is 1.75 bits per heavy atom. The van der Waals surface area contributed by atoms with E-state index in [2.05, 4.69) is 32.5 Å². The molecule has 0 spiro atoms. The molecule has 114 valence electrons. The van der Waals surface area contributed by atoms with E-state index in [1.807, 2.05) is 13.8 Å². The Bertz CT molecular complexity index is 412. The van der Waals surface area contributed by atoms with Crippen LogP contribution >= 0.6 is 0 Å². The Morgan fingerprint density at radius 1 is 1.10 bits per heavy atom. The van der Waals surface area contributed by atoms with Crippen molar-refractivity contribution >= 4 is 11.9 Å². The van der Waals surface area contributed by atoms with Gasteiger partial charge in [-0.3, -0.25) is 0 Å². The van der Waals surface area contributed by atoms with Crippen LogP contribution in [0.3, 0.4) is 0 Å². The van der Waals surface area contributed by atoms with Crippen molar-refractivity contribution in [2.24, 2.45) is 0 Å². The van der Waals surface area contributed by atoms with Crippen LogP contribution in [0.5, 0.6) is 6.01 Å². The summed E-state index contributed by atoms with van der Waals surface area (Å²) in [5.74, 6) is 0.875. The fourth-order valence-electron chi connectivity index (χ4n) is 1.34. The molecule has 0 radical (unpaired) electrons. The summed E-state index contributed by atoms with van der Waals surface area (Å²) in [7, 11) is 0. The molecule has 1 aromatic heterocycles. The standard InChI is InChI=1S/C13H25N5O2/c1-5-8-14-10-16-11(15-9-13(4,19)6-2)18-12(17-10)20-7-3/h19H,5-9H2,1-4H3,(H2,14,15,16,17,18). The number of aliphatic hydroxyl groups is 1. The molecule has 1 unspecified atom stereocenters. The van der Waals surface area contributed by atoms with Crippen molar-refractivity contribution in [3.8, 4) is 6.01 Å². The van der Waals surface area contributed by atoms with E-state index in [4.69, 9.17) is 4.74 Å². The Labute approximate surface area is 120 Å². The number of aromatic nitrogens is 3. The molecule has 1 aromatic rings. The topological polar surface area (TPSA) is 92.2 Å². The molecule has 0 amide bonds. The van der Waals surface area contributed by atoms with Crippen LogP contribution in [0, 0.1) is 0 Å². The van der Waals surface area contributed by atoms with Crippen LogP contribution in [0.2, 0.25) is 0 Å². The first-order valence-electron chi connectivity index (χ1n) is 7.09. The summed E-state index contributed by atoms with van der Waals surface area (Å²) in [5, 5.41) is 16.1. The molecule has 0 bridgehead atoms. The third kappa shape index (κ3) is 5.56. The van der Waals surface area contributed by atoms with Gasteiger partial charge in [0.05, 0.1) is 12.2 Å². The van der Waals surface area contributed by atoms with Crippen molar-refractivity contribution < 1.29 is 9.84 Å². The number of hydrogen-bond acceptors (Lipinski definition) is 7. The largest absolute Gasteiger partial charge is 0.464 e. The summed E-state index contributed by atoms with van der Waals surface area (Å²) in [6, 6.07) is 0.278. The van der Waals surface area contributed by atoms with E-state index in [0.717, 1.165) is 13.0 Å². The minimum atomic E-state index is -0.796. The van der Waals surface area contributed by atoms with Gasteiger partial charge in [0.2, 0.25) is 11.9 Å². The lowest BCUT2D eigenvalue weighted by atomic mass is 10.0. The summed E-state index contributed by atoms with van der Waals surface area (Å²) in [4.78, 5) is 12.6. The van der Waals surface area contributed by atoms with Gasteiger partial charge in [0.15, 0.2) is 0 Å². The van der Waals surface area contributed by atoms with Gasteiger partial charge in [-0.25, -0.2) is 0 Å². The lowest BCUT2D eigenvalue weighted by molar-refractivity contribution is 0.0695. The van der Waals surface area contributed by atoms with E-state index in [9.17, 15) is 5.11 Å². The normalized spacial score (nSPS) is 13.7. The molecule has 0 aliphatic carbocycles. The molecule has 1 rings (SSSR count). The summed E-state index contributed by atoms with van der Waals surface area (Å²) in [6.07, 6.45) is 1.62. The number of nitrogens with zero attached hydrogens (tertiary/aromatic N) is 3. The van der Waals surface area contributed by atoms with Gasteiger partial charge in [0, 0.05) is 13.1 Å². The minimum Gasteiger partial charge on any atom is -0.464 e. The maximum Gasteiger partial charge on any atom is 0.323 e. The van der Waals surface area contributed by atoms with Crippen molar-refractivity contribution in [2.45, 2.75) is 46.1 Å². The molecule has 1 heterocycles. The molecule has 7 nitrogen and oxygen atoms in total. The molecular formula is C13H25N5O2. The van der Waals surface area contributed by atoms with Gasteiger partial charge in [0.1, 0.15) is 0 Å². The number of ether oxygens (including phenoxy) is 1. The zero-order valence-corrected chi connectivity index (χ0v) is 12.7. The highest BCUT2D eigenvalue weighted by Gasteiger charge is 2.18. The Hall–Kier alpha value is -1.63. The smallest absolute Gasteiger partial charge is 0.323 e. The summed E-state index contributed by atoms with van der Waals surface area (Å²) in [6.45, 7) is 9.26. The van der Waals surface area contributed by atoms with Crippen LogP contribution in [0.4, 0.5) is 11.9 Å². The van der Waals surface area contributed by atoms with E-state index in [0.29, 0.717) is 31.5 Å². The van der Waals surface area contributed by atoms with Crippen LogP contribution in [0.25, 0.3) is 0 Å². The van der Waals surface area contributed by atoms with Crippen molar-refractivity contribution in [3.05, 3.63) is 0 Å². The van der Waals surface area contributed by atoms with Crippen molar-refractivity contribution in [1.82, 2.24) is 15.0 Å². The summed E-state index contributed by atoms with van der Waals surface area (Å²) < 4.78 is 5.32. The van der Waals surface area contributed by atoms with Crippen molar-refractivity contribution in [2.75, 3.05) is 30.3 Å². The van der Waals surface area contributed by atoms with E-state index in [1.165, 1.54) is 0 Å². The molecule has 1 atom stereocenters. The zero-order chi connectivity index (χ0) is 15.0. The molecule has 0 saturated carbocycles. The maximum absolute atomic E-state index is 9.99. The molecule has 0 saturated heterocycles. The lowest BCUT2D eigenvalue weighted by Crippen LogP contribution is -2.33. The molecule has 0 fully saturated rings. The van der Waals surface area contributed by atoms with Gasteiger partial charge in [0.25, 0.3) is 0 Å². The van der Waals surface area contributed by atoms with Crippen LogP contribution in [0.15, 0.2) is 0 Å². The van der Waals surface area contributed by atoms with E-state index in [1.54, 1.807) is 6.92 Å². The fraction of sp³-hybridized carbons (Fsp3) is 0.769. The summed E-state index contributed by atoms with van der Waals surface area (Å²) >= 11 is 0. The van der Waals surface area contributed by atoms with Gasteiger partial charge in [-0.2, -0.15) is 15.0 Å². The molecule has 0 aromatic carbocycles. The predicted molar refractivity (Wildman–Crippen MR) is 79.2 cm³/mol. The molecular weight excluding hydrogens is 258 g/mol. The Balaban J connectivity index is 2.79. The quantitative estimate of drug-likeness (QED) is 0.634. The van der Waals surface area contributed by atoms with Gasteiger partial charge in [-0.1, -0.05) is 13.8 Å². The maximum atomic E-state index is 9.99. The zero-order valence-electron chi connectivity index (χ0n) is 12.7. The lowest BCUT2D eigenvalue weighted by Gasteiger charge is -2.21. The van der Waals surface area contributed by atoms with Crippen molar-refractivity contribution in [1.29, 1.82) is 0 Å². The number of nitrogens with one attached hydrogen (secondary N) is 2. The van der Waals surface area contributed by atoms with E-state index in [-0.39, 0.29) is 6.01 Å². The highest BCUT2D eigenvalue weighted by molar-refractivity contribution is 5.36. The van der Waals surface area contributed by atoms with Gasteiger partial charge < -0.3 is 20.5 Å². The molecule has 7 heteroatoms. The third-order valence-electron chi connectivity index (χ3n) is 2.81. The highest BCUT2D eigenvalue weighted by Crippen LogP contribution is 2.14.